The zero-order chi connectivity index (χ0) is 39.8. The lowest BCUT2D eigenvalue weighted by molar-refractivity contribution is 0.669. The average Bonchev–Trinajstić information content (AvgIpc) is 3.70. The third-order valence-electron chi connectivity index (χ3n) is 11.7. The SMILES string of the molecule is c1ccc(-c2ccccc2-c2ccccc2-c2ccccc2N(c2ccc(-c3ccc(-c4cccc5ccccc45)cc3)cc2)c2ccc3oc4ccccc4c3c2)cc1. The molecule has 2 heteroatoms. The fraction of sp³-hybridized carbons (Fsp3) is 0. The number of benzene rings is 10. The van der Waals surface area contributed by atoms with Crippen molar-refractivity contribution < 1.29 is 4.42 Å². The third-order valence-corrected chi connectivity index (χ3v) is 11.7. The number of furan rings is 1. The minimum Gasteiger partial charge on any atom is -0.456 e. The highest BCUT2D eigenvalue weighted by atomic mass is 16.3. The van der Waals surface area contributed by atoms with Crippen molar-refractivity contribution in [3.05, 3.63) is 237 Å². The minimum absolute atomic E-state index is 0.873. The van der Waals surface area contributed by atoms with Crippen molar-refractivity contribution in [3.63, 3.8) is 0 Å². The molecule has 10 aromatic carbocycles. The monoisotopic (exact) mass is 765 g/mol. The number of nitrogens with zero attached hydrogens (tertiary/aromatic N) is 1. The van der Waals surface area contributed by atoms with Crippen LogP contribution < -0.4 is 4.90 Å². The van der Waals surface area contributed by atoms with Crippen molar-refractivity contribution >= 4 is 49.8 Å². The summed E-state index contributed by atoms with van der Waals surface area (Å²) in [6.07, 6.45) is 0. The summed E-state index contributed by atoms with van der Waals surface area (Å²) < 4.78 is 6.31. The van der Waals surface area contributed by atoms with Gasteiger partial charge < -0.3 is 9.32 Å². The molecular formula is C58H39NO. The van der Waals surface area contributed by atoms with Crippen LogP contribution in [0.2, 0.25) is 0 Å². The Morgan fingerprint density at radius 2 is 0.750 bits per heavy atom. The van der Waals surface area contributed by atoms with Gasteiger partial charge in [-0.15, -0.1) is 0 Å². The van der Waals surface area contributed by atoms with E-state index in [1.807, 2.05) is 12.1 Å². The second-order valence-corrected chi connectivity index (χ2v) is 15.2. The summed E-state index contributed by atoms with van der Waals surface area (Å²) >= 11 is 0. The van der Waals surface area contributed by atoms with E-state index in [-0.39, 0.29) is 0 Å². The highest BCUT2D eigenvalue weighted by Gasteiger charge is 2.21. The van der Waals surface area contributed by atoms with E-state index in [0.717, 1.165) is 50.1 Å². The molecule has 0 atom stereocenters. The van der Waals surface area contributed by atoms with Crippen molar-refractivity contribution in [1.82, 2.24) is 0 Å². The van der Waals surface area contributed by atoms with Crippen LogP contribution in [0.25, 0.3) is 88.3 Å². The van der Waals surface area contributed by atoms with Crippen LogP contribution in [-0.4, -0.2) is 0 Å². The van der Waals surface area contributed by atoms with Gasteiger partial charge in [0.1, 0.15) is 11.2 Å². The summed E-state index contributed by atoms with van der Waals surface area (Å²) in [5.41, 5.74) is 16.8. The van der Waals surface area contributed by atoms with E-state index in [1.54, 1.807) is 0 Å². The van der Waals surface area contributed by atoms with Gasteiger partial charge in [-0.3, -0.25) is 0 Å². The lowest BCUT2D eigenvalue weighted by Crippen LogP contribution is -2.11. The van der Waals surface area contributed by atoms with Gasteiger partial charge >= 0.3 is 0 Å². The van der Waals surface area contributed by atoms with E-state index in [0.29, 0.717) is 0 Å². The Morgan fingerprint density at radius 3 is 1.52 bits per heavy atom. The molecule has 0 amide bonds. The summed E-state index contributed by atoms with van der Waals surface area (Å²) in [5.74, 6) is 0. The fourth-order valence-electron chi connectivity index (χ4n) is 8.84. The third kappa shape index (κ3) is 6.32. The van der Waals surface area contributed by atoms with Crippen LogP contribution in [0.15, 0.2) is 241 Å². The maximum atomic E-state index is 6.31. The van der Waals surface area contributed by atoms with Crippen LogP contribution in [0.3, 0.4) is 0 Å². The normalized spacial score (nSPS) is 11.3. The van der Waals surface area contributed by atoms with Gasteiger partial charge in [-0.2, -0.15) is 0 Å². The number of fused-ring (bicyclic) bond motifs is 4. The lowest BCUT2D eigenvalue weighted by atomic mass is 9.88. The molecule has 0 radical (unpaired) electrons. The molecule has 1 heterocycles. The molecule has 0 aliphatic carbocycles. The average molecular weight is 766 g/mol. The molecule has 11 aromatic rings. The van der Waals surface area contributed by atoms with Crippen molar-refractivity contribution in [2.24, 2.45) is 0 Å². The topological polar surface area (TPSA) is 16.4 Å². The maximum Gasteiger partial charge on any atom is 0.135 e. The number of hydrogen-bond donors (Lipinski definition) is 0. The van der Waals surface area contributed by atoms with Crippen molar-refractivity contribution in [3.8, 4) is 55.6 Å². The standard InChI is InChI=1S/C58H39NO/c1-2-15-42(16-3-1)49-20-6-7-21-50(49)51-22-8-9-23-52(51)53-24-10-12-27-56(53)59(46-37-38-58-55(39-46)54-25-11-13-28-57(54)60-58)45-35-33-41(34-36-45)40-29-31-44(32-30-40)48-26-14-18-43-17-4-5-19-47(43)48/h1-39H. The molecule has 0 aliphatic heterocycles. The van der Waals surface area contributed by atoms with E-state index >= 15 is 0 Å². The predicted octanol–water partition coefficient (Wildman–Crippen LogP) is 16.5. The molecule has 0 saturated heterocycles. The van der Waals surface area contributed by atoms with E-state index < -0.39 is 0 Å². The second-order valence-electron chi connectivity index (χ2n) is 15.2. The summed E-state index contributed by atoms with van der Waals surface area (Å²) in [6.45, 7) is 0. The molecule has 0 unspecified atom stereocenters. The molecule has 60 heavy (non-hydrogen) atoms. The summed E-state index contributed by atoms with van der Waals surface area (Å²) in [4.78, 5) is 2.39. The van der Waals surface area contributed by atoms with Gasteiger partial charge in [0, 0.05) is 27.7 Å². The molecule has 0 saturated carbocycles. The maximum absolute atomic E-state index is 6.31. The van der Waals surface area contributed by atoms with Crippen LogP contribution in [0, 0.1) is 0 Å². The molecule has 2 nitrogen and oxygen atoms in total. The second kappa shape index (κ2) is 15.1. The van der Waals surface area contributed by atoms with Crippen LogP contribution in [-0.2, 0) is 0 Å². The Balaban J connectivity index is 1.04. The Labute approximate surface area is 349 Å². The highest BCUT2D eigenvalue weighted by Crippen LogP contribution is 2.46. The lowest BCUT2D eigenvalue weighted by Gasteiger charge is -2.29. The van der Waals surface area contributed by atoms with Crippen LogP contribution in [0.1, 0.15) is 0 Å². The molecular weight excluding hydrogens is 727 g/mol. The van der Waals surface area contributed by atoms with Gasteiger partial charge in [-0.25, -0.2) is 0 Å². The molecule has 0 spiro atoms. The molecule has 1 aromatic heterocycles. The van der Waals surface area contributed by atoms with Gasteiger partial charge in [0.15, 0.2) is 0 Å². The summed E-state index contributed by atoms with van der Waals surface area (Å²) in [7, 11) is 0. The van der Waals surface area contributed by atoms with E-state index in [4.69, 9.17) is 4.42 Å². The van der Waals surface area contributed by atoms with Gasteiger partial charge in [0.2, 0.25) is 0 Å². The summed E-state index contributed by atoms with van der Waals surface area (Å²) in [5, 5.41) is 4.71. The molecule has 0 aliphatic rings. The van der Waals surface area contributed by atoms with E-state index in [1.165, 1.54) is 55.3 Å². The first-order valence-electron chi connectivity index (χ1n) is 20.5. The Bertz CT molecular complexity index is 3300. The largest absolute Gasteiger partial charge is 0.456 e. The first kappa shape index (κ1) is 35.2. The van der Waals surface area contributed by atoms with Crippen molar-refractivity contribution in [2.45, 2.75) is 0 Å². The smallest absolute Gasteiger partial charge is 0.135 e. The van der Waals surface area contributed by atoms with Gasteiger partial charge in [0.25, 0.3) is 0 Å². The Hall–Kier alpha value is -7.94. The van der Waals surface area contributed by atoms with Crippen LogP contribution >= 0.6 is 0 Å². The van der Waals surface area contributed by atoms with E-state index in [2.05, 4.69) is 229 Å². The number of anilines is 3. The molecule has 11 rings (SSSR count). The molecule has 0 fully saturated rings. The number of rotatable bonds is 8. The quantitative estimate of drug-likeness (QED) is 0.153. The molecule has 0 N–H and O–H groups in total. The van der Waals surface area contributed by atoms with Crippen molar-refractivity contribution in [2.75, 3.05) is 4.90 Å². The van der Waals surface area contributed by atoms with Crippen LogP contribution in [0.4, 0.5) is 17.1 Å². The Morgan fingerprint density at radius 1 is 0.267 bits per heavy atom. The van der Waals surface area contributed by atoms with Gasteiger partial charge in [0.05, 0.1) is 5.69 Å². The van der Waals surface area contributed by atoms with Crippen LogP contribution in [0.5, 0.6) is 0 Å². The molecule has 282 valence electrons. The van der Waals surface area contributed by atoms with Gasteiger partial charge in [-0.1, -0.05) is 194 Å². The number of hydrogen-bond acceptors (Lipinski definition) is 2. The summed E-state index contributed by atoms with van der Waals surface area (Å²) in [6, 6.07) is 84.9. The highest BCUT2D eigenvalue weighted by molar-refractivity contribution is 6.07. The zero-order valence-electron chi connectivity index (χ0n) is 32.9. The minimum atomic E-state index is 0.873. The van der Waals surface area contributed by atoms with Gasteiger partial charge in [-0.05, 0) is 103 Å². The van der Waals surface area contributed by atoms with Crippen molar-refractivity contribution in [1.29, 1.82) is 0 Å². The van der Waals surface area contributed by atoms with E-state index in [9.17, 15) is 0 Å². The first-order valence-corrected chi connectivity index (χ1v) is 20.5. The predicted molar refractivity (Wildman–Crippen MR) is 253 cm³/mol. The zero-order valence-corrected chi connectivity index (χ0v) is 32.9. The first-order chi connectivity index (χ1) is 29.8. The number of para-hydroxylation sites is 2. The Kier molecular flexibility index (Phi) is 8.87. The molecule has 0 bridgehead atoms. The fourth-order valence-corrected chi connectivity index (χ4v) is 8.84.